The van der Waals surface area contributed by atoms with Crippen molar-refractivity contribution in [3.8, 4) is 0 Å². The first-order chi connectivity index (χ1) is 3.86. The molecule has 0 radical (unpaired) electrons. The van der Waals surface area contributed by atoms with Gasteiger partial charge in [0.25, 0.3) is 0 Å². The molecule has 0 aromatic heterocycles. The molecule has 46 valence electrons. The SMILES string of the molecule is N[C@H]1C[C@H]2CC[C@@H]1C2. The third kappa shape index (κ3) is 0.510. The van der Waals surface area contributed by atoms with Crippen LogP contribution in [0.3, 0.4) is 0 Å². The summed E-state index contributed by atoms with van der Waals surface area (Å²) in [6.07, 6.45) is 5.66. The third-order valence-corrected chi connectivity index (χ3v) is 2.79. The fourth-order valence-corrected chi connectivity index (χ4v) is 2.29. The fourth-order valence-electron chi connectivity index (χ4n) is 2.29. The van der Waals surface area contributed by atoms with Crippen LogP contribution in [0.15, 0.2) is 0 Å². The lowest BCUT2D eigenvalue weighted by Crippen LogP contribution is -2.26. The van der Waals surface area contributed by atoms with E-state index in [0.29, 0.717) is 6.04 Å². The summed E-state index contributed by atoms with van der Waals surface area (Å²) in [6, 6.07) is 0.578. The Bertz CT molecular complexity index is 98.6. The Labute approximate surface area is 50.3 Å². The van der Waals surface area contributed by atoms with Crippen molar-refractivity contribution in [2.45, 2.75) is 31.7 Å². The van der Waals surface area contributed by atoms with E-state index >= 15 is 0 Å². The molecule has 0 heterocycles. The average molecular weight is 111 g/mol. The summed E-state index contributed by atoms with van der Waals surface area (Å²) in [5.41, 5.74) is 5.82. The molecule has 2 saturated carbocycles. The van der Waals surface area contributed by atoms with Gasteiger partial charge in [-0.05, 0) is 31.1 Å². The lowest BCUT2D eigenvalue weighted by molar-refractivity contribution is 0.418. The zero-order valence-electron chi connectivity index (χ0n) is 5.14. The molecule has 0 unspecified atom stereocenters. The summed E-state index contributed by atoms with van der Waals surface area (Å²) in [5, 5.41) is 0. The molecular formula is C7H13N. The summed E-state index contributed by atoms with van der Waals surface area (Å²) in [6.45, 7) is 0. The molecule has 0 aromatic carbocycles. The molecule has 2 N–H and O–H groups in total. The second-order valence-electron chi connectivity index (χ2n) is 3.34. The van der Waals surface area contributed by atoms with Crippen LogP contribution in [0.4, 0.5) is 0 Å². The van der Waals surface area contributed by atoms with Crippen LogP contribution in [0.1, 0.15) is 25.7 Å². The standard InChI is InChI=1S/C7H13N/c8-7-4-5-1-2-6(7)3-5/h5-7H,1-4,8H2/t5-,6+,7-/m0/s1. The highest BCUT2D eigenvalue weighted by Gasteiger charge is 2.36. The highest BCUT2D eigenvalue weighted by atomic mass is 14.7. The summed E-state index contributed by atoms with van der Waals surface area (Å²) in [7, 11) is 0. The van der Waals surface area contributed by atoms with Crippen LogP contribution in [-0.2, 0) is 0 Å². The number of hydrogen-bond donors (Lipinski definition) is 1. The molecule has 0 aromatic rings. The van der Waals surface area contributed by atoms with Crippen molar-refractivity contribution in [1.29, 1.82) is 0 Å². The van der Waals surface area contributed by atoms with Gasteiger partial charge in [-0.1, -0.05) is 6.42 Å². The van der Waals surface area contributed by atoms with Crippen molar-refractivity contribution in [2.24, 2.45) is 17.6 Å². The maximum absolute atomic E-state index is 5.82. The predicted molar refractivity (Wildman–Crippen MR) is 33.4 cm³/mol. The summed E-state index contributed by atoms with van der Waals surface area (Å²) < 4.78 is 0. The van der Waals surface area contributed by atoms with E-state index in [1.165, 1.54) is 25.7 Å². The van der Waals surface area contributed by atoms with E-state index < -0.39 is 0 Å². The molecule has 2 fully saturated rings. The molecule has 2 bridgehead atoms. The Morgan fingerprint density at radius 2 is 2.00 bits per heavy atom. The lowest BCUT2D eigenvalue weighted by atomic mass is 9.96. The van der Waals surface area contributed by atoms with E-state index in [0.717, 1.165) is 11.8 Å². The van der Waals surface area contributed by atoms with E-state index in [9.17, 15) is 0 Å². The van der Waals surface area contributed by atoms with Crippen molar-refractivity contribution < 1.29 is 0 Å². The first-order valence-corrected chi connectivity index (χ1v) is 3.62. The largest absolute Gasteiger partial charge is 0.327 e. The Morgan fingerprint density at radius 3 is 2.25 bits per heavy atom. The van der Waals surface area contributed by atoms with Crippen LogP contribution >= 0.6 is 0 Å². The Morgan fingerprint density at radius 1 is 1.12 bits per heavy atom. The van der Waals surface area contributed by atoms with Gasteiger partial charge in [0, 0.05) is 6.04 Å². The van der Waals surface area contributed by atoms with Gasteiger partial charge in [0.2, 0.25) is 0 Å². The van der Waals surface area contributed by atoms with Crippen LogP contribution in [-0.4, -0.2) is 6.04 Å². The van der Waals surface area contributed by atoms with Gasteiger partial charge >= 0.3 is 0 Å². The second-order valence-corrected chi connectivity index (χ2v) is 3.34. The van der Waals surface area contributed by atoms with Gasteiger partial charge in [-0.15, -0.1) is 0 Å². The number of nitrogens with two attached hydrogens (primary N) is 1. The maximum Gasteiger partial charge on any atom is 0.00699 e. The van der Waals surface area contributed by atoms with Gasteiger partial charge in [-0.3, -0.25) is 0 Å². The lowest BCUT2D eigenvalue weighted by Gasteiger charge is -2.15. The average Bonchev–Trinajstić information content (AvgIpc) is 2.23. The van der Waals surface area contributed by atoms with Gasteiger partial charge in [0.05, 0.1) is 0 Å². The summed E-state index contributed by atoms with van der Waals surface area (Å²) in [5.74, 6) is 1.94. The maximum atomic E-state index is 5.82. The minimum Gasteiger partial charge on any atom is -0.327 e. The summed E-state index contributed by atoms with van der Waals surface area (Å²) in [4.78, 5) is 0. The van der Waals surface area contributed by atoms with Gasteiger partial charge < -0.3 is 5.73 Å². The third-order valence-electron chi connectivity index (χ3n) is 2.79. The van der Waals surface area contributed by atoms with Crippen LogP contribution in [0.25, 0.3) is 0 Å². The van der Waals surface area contributed by atoms with Gasteiger partial charge in [-0.25, -0.2) is 0 Å². The van der Waals surface area contributed by atoms with E-state index in [1.807, 2.05) is 0 Å². The molecule has 2 aliphatic rings. The van der Waals surface area contributed by atoms with Gasteiger partial charge in [0.15, 0.2) is 0 Å². The molecule has 0 aliphatic heterocycles. The van der Waals surface area contributed by atoms with Crippen LogP contribution in [0.5, 0.6) is 0 Å². The molecule has 1 nitrogen and oxygen atoms in total. The number of rotatable bonds is 0. The Balaban J connectivity index is 2.11. The summed E-state index contributed by atoms with van der Waals surface area (Å²) >= 11 is 0. The quantitative estimate of drug-likeness (QED) is 0.498. The zero-order valence-corrected chi connectivity index (χ0v) is 5.14. The van der Waals surface area contributed by atoms with Gasteiger partial charge in [-0.2, -0.15) is 0 Å². The monoisotopic (exact) mass is 111 g/mol. The Hall–Kier alpha value is -0.0400. The topological polar surface area (TPSA) is 26.0 Å². The normalized spacial score (nSPS) is 52.9. The number of hydrogen-bond acceptors (Lipinski definition) is 1. The first kappa shape index (κ1) is 4.80. The molecule has 0 saturated heterocycles. The van der Waals surface area contributed by atoms with E-state index in [2.05, 4.69) is 0 Å². The molecule has 0 amide bonds. The van der Waals surface area contributed by atoms with Crippen molar-refractivity contribution in [1.82, 2.24) is 0 Å². The van der Waals surface area contributed by atoms with Crippen molar-refractivity contribution in [3.05, 3.63) is 0 Å². The van der Waals surface area contributed by atoms with Crippen molar-refractivity contribution >= 4 is 0 Å². The molecule has 0 spiro atoms. The first-order valence-electron chi connectivity index (χ1n) is 3.62. The highest BCUT2D eigenvalue weighted by Crippen LogP contribution is 2.43. The molecular weight excluding hydrogens is 98.1 g/mol. The Kier molecular flexibility index (Phi) is 0.884. The molecule has 3 atom stereocenters. The second kappa shape index (κ2) is 1.47. The smallest absolute Gasteiger partial charge is 0.00699 e. The van der Waals surface area contributed by atoms with Crippen molar-refractivity contribution in [2.75, 3.05) is 0 Å². The van der Waals surface area contributed by atoms with Crippen LogP contribution < -0.4 is 5.73 Å². The minimum atomic E-state index is 0.578. The van der Waals surface area contributed by atoms with E-state index in [1.54, 1.807) is 0 Å². The van der Waals surface area contributed by atoms with Gasteiger partial charge in [0.1, 0.15) is 0 Å². The number of fused-ring (bicyclic) bond motifs is 2. The fraction of sp³-hybridized carbons (Fsp3) is 1.00. The van der Waals surface area contributed by atoms with Crippen LogP contribution in [0.2, 0.25) is 0 Å². The van der Waals surface area contributed by atoms with E-state index in [-0.39, 0.29) is 0 Å². The zero-order chi connectivity index (χ0) is 5.56. The van der Waals surface area contributed by atoms with Crippen molar-refractivity contribution in [3.63, 3.8) is 0 Å². The molecule has 1 heteroatoms. The predicted octanol–water partition coefficient (Wildman–Crippen LogP) is 1.13. The highest BCUT2D eigenvalue weighted by molar-refractivity contribution is 4.91. The minimum absolute atomic E-state index is 0.578. The molecule has 2 rings (SSSR count). The van der Waals surface area contributed by atoms with Crippen LogP contribution in [0, 0.1) is 11.8 Å². The molecule has 2 aliphatic carbocycles. The molecule has 8 heavy (non-hydrogen) atoms. The van der Waals surface area contributed by atoms with E-state index in [4.69, 9.17) is 5.73 Å².